The van der Waals surface area contributed by atoms with E-state index >= 15 is 0 Å². The van der Waals surface area contributed by atoms with E-state index in [1.165, 1.54) is 0 Å². The van der Waals surface area contributed by atoms with E-state index in [0.717, 1.165) is 4.32 Å². The fourth-order valence-corrected chi connectivity index (χ4v) is 0.500. The molecule has 9 heteroatoms. The standard InChI is InChI=1S/C3H6N4.4CO.Fe/c1-6-3-7(2)5-4-6;4*1-2;/h1-2H3;;;;;. The first-order valence-electron chi connectivity index (χ1n) is 2.93. The summed E-state index contributed by atoms with van der Waals surface area (Å²) in [5.74, 6) is 0. The minimum Gasteiger partial charge on any atom is -0.281 e. The molecule has 8 nitrogen and oxygen atoms in total. The van der Waals surface area contributed by atoms with Crippen LogP contribution in [-0.2, 0) is 48.8 Å². The molecule has 0 unspecified atom stereocenters. The molecule has 1 aromatic rings. The van der Waals surface area contributed by atoms with E-state index in [4.69, 9.17) is 19.2 Å². The van der Waals surface area contributed by atoms with Crippen molar-refractivity contribution in [2.24, 2.45) is 14.1 Å². The summed E-state index contributed by atoms with van der Waals surface area (Å²) in [7, 11) is 3.60. The Morgan fingerprint density at radius 1 is 0.812 bits per heavy atom. The van der Waals surface area contributed by atoms with Crippen LogP contribution in [0, 0.1) is 4.32 Å². The molecule has 1 aromatic heterocycles. The second-order valence-corrected chi connectivity index (χ2v) is 1.98. The minimum absolute atomic E-state index is 0.796. The summed E-state index contributed by atoms with van der Waals surface area (Å²) in [6, 6.07) is 0. The van der Waals surface area contributed by atoms with E-state index in [0.29, 0.717) is 0 Å². The fourth-order valence-electron chi connectivity index (χ4n) is 0.401. The molecule has 0 aliphatic rings. The van der Waals surface area contributed by atoms with Crippen LogP contribution in [0.5, 0.6) is 0 Å². The summed E-state index contributed by atoms with van der Waals surface area (Å²) in [6.07, 6.45) is 0. The van der Waals surface area contributed by atoms with E-state index in [1.807, 2.05) is 0 Å². The summed E-state index contributed by atoms with van der Waals surface area (Å²) in [4.78, 5) is 30.0. The Morgan fingerprint density at radius 2 is 1.00 bits per heavy atom. The van der Waals surface area contributed by atoms with Gasteiger partial charge in [0.2, 0.25) is 0 Å². The molecule has 0 aliphatic carbocycles. The molecule has 0 spiro atoms. The average molecular weight is 266 g/mol. The summed E-state index contributed by atoms with van der Waals surface area (Å²) in [5, 5.41) is 7.37. The maximum absolute atomic E-state index is 7.50. The van der Waals surface area contributed by atoms with Crippen LogP contribution in [0.3, 0.4) is 0 Å². The van der Waals surface area contributed by atoms with Gasteiger partial charge < -0.3 is 0 Å². The van der Waals surface area contributed by atoms with E-state index in [1.54, 1.807) is 23.5 Å². The van der Waals surface area contributed by atoms with Crippen LogP contribution >= 0.6 is 0 Å². The third-order valence-corrected chi connectivity index (χ3v) is 1.54. The molecule has 0 aliphatic heterocycles. The molecule has 8 radical (unpaired) electrons. The van der Waals surface area contributed by atoms with Crippen LogP contribution in [0.1, 0.15) is 0 Å². The Hall–Kier alpha value is -1.73. The summed E-state index contributed by atoms with van der Waals surface area (Å²) < 4.78 is 4.02. The summed E-state index contributed by atoms with van der Waals surface area (Å²) in [6.45, 7) is 18.0. The molecular formula is C7H6FeN4O4. The zero-order valence-corrected chi connectivity index (χ0v) is 9.38. The SMILES string of the molecule is Cn1nnn(C)[c]1=[Fe].[C]=O.[C]=O.[C]=O.[C]=O. The van der Waals surface area contributed by atoms with E-state index in [-0.39, 0.29) is 0 Å². The summed E-state index contributed by atoms with van der Waals surface area (Å²) in [5.41, 5.74) is 0. The number of tetrazole rings is 1. The molecule has 0 amide bonds. The molecule has 1 heterocycles. The van der Waals surface area contributed by atoms with Gasteiger partial charge in [0.25, 0.3) is 27.2 Å². The quantitative estimate of drug-likeness (QED) is 0.487. The molecule has 1 rings (SSSR count). The zero-order chi connectivity index (χ0) is 14.1. The van der Waals surface area contributed by atoms with Crippen molar-refractivity contribution < 1.29 is 34.8 Å². The minimum atomic E-state index is 0.796. The van der Waals surface area contributed by atoms with Gasteiger partial charge in [0.15, 0.2) is 0 Å². The Labute approximate surface area is 101 Å². The van der Waals surface area contributed by atoms with Crippen molar-refractivity contribution in [3.63, 3.8) is 0 Å². The van der Waals surface area contributed by atoms with Gasteiger partial charge in [-0.3, -0.25) is 19.2 Å². The first-order valence-corrected chi connectivity index (χ1v) is 3.49. The zero-order valence-electron chi connectivity index (χ0n) is 8.28. The summed E-state index contributed by atoms with van der Waals surface area (Å²) >= 11 is 3.68. The molecule has 0 saturated carbocycles. The van der Waals surface area contributed by atoms with Gasteiger partial charge in [-0.1, -0.05) is 0 Å². The smallest absolute Gasteiger partial charge is 0.281 e. The van der Waals surface area contributed by atoms with Crippen LogP contribution < -0.4 is 0 Å². The molecule has 0 N–H and O–H groups in total. The van der Waals surface area contributed by atoms with Crippen LogP contribution in [0.2, 0.25) is 0 Å². The largest absolute Gasteiger partial charge is 0.281 e. The number of hydrogen-bond acceptors (Lipinski definition) is 6. The molecule has 16 heavy (non-hydrogen) atoms. The van der Waals surface area contributed by atoms with Crippen molar-refractivity contribution in [1.29, 1.82) is 0 Å². The maximum atomic E-state index is 7.50. The molecule has 0 saturated heterocycles. The van der Waals surface area contributed by atoms with Gasteiger partial charge in [-0.2, -0.15) is 0 Å². The third-order valence-electron chi connectivity index (χ3n) is 0.827. The van der Waals surface area contributed by atoms with Crippen molar-refractivity contribution in [2.75, 3.05) is 0 Å². The first-order chi connectivity index (χ1) is 7.72. The topological polar surface area (TPSA) is 104 Å². The fraction of sp³-hybridized carbons (Fsp3) is 0.286. The Balaban J connectivity index is -0.0000000771. The van der Waals surface area contributed by atoms with Crippen molar-refractivity contribution in [3.8, 4) is 0 Å². The maximum Gasteiger partial charge on any atom is 0.281 e. The molecular weight excluding hydrogens is 260 g/mol. The van der Waals surface area contributed by atoms with Crippen molar-refractivity contribution >= 4 is 27.2 Å². The number of aromatic nitrogens is 4. The van der Waals surface area contributed by atoms with Crippen molar-refractivity contribution in [2.45, 2.75) is 0 Å². The van der Waals surface area contributed by atoms with Gasteiger partial charge in [0, 0.05) is 0 Å². The number of nitrogens with zero attached hydrogens (tertiary/aromatic N) is 4. The third kappa shape index (κ3) is 12.3. The van der Waals surface area contributed by atoms with Crippen LogP contribution in [-0.4, -0.2) is 46.9 Å². The van der Waals surface area contributed by atoms with Gasteiger partial charge in [0.1, 0.15) is 0 Å². The van der Waals surface area contributed by atoms with Gasteiger partial charge in [0.05, 0.1) is 0 Å². The Kier molecular flexibility index (Phi) is 34.6. The second kappa shape index (κ2) is 23.2. The van der Waals surface area contributed by atoms with Crippen molar-refractivity contribution in [1.82, 2.24) is 19.8 Å². The van der Waals surface area contributed by atoms with Gasteiger partial charge >= 0.3 is 53.8 Å². The van der Waals surface area contributed by atoms with E-state index < -0.39 is 0 Å². The predicted octanol–water partition coefficient (Wildman–Crippen LogP) is -2.36. The van der Waals surface area contributed by atoms with Crippen molar-refractivity contribution in [3.05, 3.63) is 4.32 Å². The van der Waals surface area contributed by atoms with Crippen LogP contribution in [0.15, 0.2) is 0 Å². The molecule has 86 valence electrons. The van der Waals surface area contributed by atoms with Crippen LogP contribution in [0.4, 0.5) is 0 Å². The number of carbonyl (C=O) groups excluding carboxylic acids is 4. The predicted molar refractivity (Wildman–Crippen MR) is 46.0 cm³/mol. The first kappa shape index (κ1) is 23.8. The van der Waals surface area contributed by atoms with E-state index in [9.17, 15) is 0 Å². The molecule has 0 atom stereocenters. The Morgan fingerprint density at radius 3 is 1.06 bits per heavy atom. The van der Waals surface area contributed by atoms with E-state index in [2.05, 4.69) is 53.2 Å². The normalized spacial score (nSPS) is 5.94. The average Bonchev–Trinajstić information content (AvgIpc) is 2.70. The van der Waals surface area contributed by atoms with Gasteiger partial charge in [-0.15, -0.1) is 0 Å². The molecule has 0 bridgehead atoms. The van der Waals surface area contributed by atoms with Gasteiger partial charge in [-0.25, -0.2) is 0 Å². The number of hydrogen-bond donors (Lipinski definition) is 0. The van der Waals surface area contributed by atoms with Crippen LogP contribution in [0.25, 0.3) is 0 Å². The second-order valence-electron chi connectivity index (χ2n) is 1.48. The Bertz CT molecular complexity index is 270. The number of rotatable bonds is 0. The molecule has 0 aromatic carbocycles. The number of aryl methyl sites for hydroxylation is 2. The molecule has 0 fully saturated rings. The monoisotopic (exact) mass is 266 g/mol. The van der Waals surface area contributed by atoms with Gasteiger partial charge in [-0.05, 0) is 0 Å².